The van der Waals surface area contributed by atoms with E-state index < -0.39 is 23.5 Å². The van der Waals surface area contributed by atoms with Crippen molar-refractivity contribution in [3.63, 3.8) is 0 Å². The predicted molar refractivity (Wildman–Crippen MR) is 73.6 cm³/mol. The van der Waals surface area contributed by atoms with E-state index in [0.29, 0.717) is 11.8 Å². The van der Waals surface area contributed by atoms with Crippen LogP contribution < -0.4 is 5.32 Å². The number of carbonyl (C=O) groups excluding carboxylic acids is 2. The molecule has 1 aromatic carbocycles. The van der Waals surface area contributed by atoms with E-state index in [1.807, 2.05) is 0 Å². The van der Waals surface area contributed by atoms with Crippen LogP contribution in [0.15, 0.2) is 18.2 Å². The smallest absolute Gasteiger partial charge is 0.358 e. The van der Waals surface area contributed by atoms with E-state index >= 15 is 0 Å². The molecule has 1 N–H and O–H groups in total. The Kier molecular flexibility index (Phi) is 4.20. The molecule has 0 radical (unpaired) electrons. The normalized spacial score (nSPS) is 10.4. The number of benzene rings is 1. The summed E-state index contributed by atoms with van der Waals surface area (Å²) in [5, 5.41) is 6.42. The van der Waals surface area contributed by atoms with Crippen molar-refractivity contribution in [2.75, 3.05) is 12.4 Å². The van der Waals surface area contributed by atoms with Crippen molar-refractivity contribution in [2.24, 2.45) is 7.05 Å². The number of halogens is 2. The summed E-state index contributed by atoms with van der Waals surface area (Å²) in [5.41, 5.74) is 0.151. The molecule has 6 nitrogen and oxygen atoms in total. The van der Waals surface area contributed by atoms with E-state index in [1.54, 1.807) is 6.92 Å². The van der Waals surface area contributed by atoms with E-state index in [4.69, 9.17) is 0 Å². The molecule has 1 heterocycles. The topological polar surface area (TPSA) is 73.2 Å². The van der Waals surface area contributed by atoms with Gasteiger partial charge in [-0.3, -0.25) is 9.48 Å². The highest BCUT2D eigenvalue weighted by molar-refractivity contribution is 6.08. The lowest BCUT2D eigenvalue weighted by atomic mass is 10.2. The molecule has 116 valence electrons. The second-order valence-electron chi connectivity index (χ2n) is 4.50. The molecule has 8 heteroatoms. The lowest BCUT2D eigenvalue weighted by Gasteiger charge is -2.08. The van der Waals surface area contributed by atoms with Crippen molar-refractivity contribution in [1.82, 2.24) is 9.78 Å². The lowest BCUT2D eigenvalue weighted by molar-refractivity contribution is 0.0589. The monoisotopic (exact) mass is 309 g/mol. The number of carbonyl (C=O) groups is 2. The van der Waals surface area contributed by atoms with Crippen molar-refractivity contribution in [3.05, 3.63) is 46.8 Å². The molecule has 2 aromatic rings. The molecule has 0 aliphatic rings. The van der Waals surface area contributed by atoms with Gasteiger partial charge >= 0.3 is 5.97 Å². The summed E-state index contributed by atoms with van der Waals surface area (Å²) < 4.78 is 32.4. The Bertz CT molecular complexity index is 756. The number of ether oxygens (including phenoxy) is 1. The van der Waals surface area contributed by atoms with Crippen molar-refractivity contribution < 1.29 is 23.1 Å². The zero-order valence-electron chi connectivity index (χ0n) is 12.1. The third-order valence-electron chi connectivity index (χ3n) is 3.02. The summed E-state index contributed by atoms with van der Waals surface area (Å²) in [6.45, 7) is 1.57. The van der Waals surface area contributed by atoms with Crippen molar-refractivity contribution in [3.8, 4) is 0 Å². The van der Waals surface area contributed by atoms with Crippen molar-refractivity contribution in [1.29, 1.82) is 0 Å². The Hall–Kier alpha value is -2.77. The summed E-state index contributed by atoms with van der Waals surface area (Å²) in [7, 11) is 2.70. The minimum absolute atomic E-state index is 0.0240. The first-order valence-electron chi connectivity index (χ1n) is 6.23. The van der Waals surface area contributed by atoms with Crippen LogP contribution in [0.1, 0.15) is 26.5 Å². The first kappa shape index (κ1) is 15.6. The first-order chi connectivity index (χ1) is 10.3. The second kappa shape index (κ2) is 5.92. The molecule has 0 aliphatic heterocycles. The van der Waals surface area contributed by atoms with E-state index in [0.717, 1.165) is 12.1 Å². The fraction of sp³-hybridized carbons (Fsp3) is 0.214. The summed E-state index contributed by atoms with van der Waals surface area (Å²) >= 11 is 0. The van der Waals surface area contributed by atoms with Gasteiger partial charge < -0.3 is 10.1 Å². The van der Waals surface area contributed by atoms with E-state index in [2.05, 4.69) is 15.2 Å². The summed E-state index contributed by atoms with van der Waals surface area (Å²) in [5.74, 6) is -3.31. The van der Waals surface area contributed by atoms with Gasteiger partial charge in [-0.1, -0.05) is 0 Å². The minimum atomic E-state index is -1.00. The van der Waals surface area contributed by atoms with Crippen LogP contribution in [0.4, 0.5) is 14.5 Å². The van der Waals surface area contributed by atoms with Crippen LogP contribution in [-0.2, 0) is 11.8 Å². The number of rotatable bonds is 3. The SMILES string of the molecule is COC(=O)c1c(NC(=O)c2ccc(F)cc2F)c(C)nn1C. The van der Waals surface area contributed by atoms with Crippen LogP contribution in [0.5, 0.6) is 0 Å². The number of amides is 1. The Morgan fingerprint density at radius 2 is 2.00 bits per heavy atom. The van der Waals surface area contributed by atoms with Crippen molar-refractivity contribution >= 4 is 17.6 Å². The van der Waals surface area contributed by atoms with Crippen LogP contribution in [0.2, 0.25) is 0 Å². The van der Waals surface area contributed by atoms with E-state index in [-0.39, 0.29) is 16.9 Å². The average molecular weight is 309 g/mol. The van der Waals surface area contributed by atoms with Crippen LogP contribution >= 0.6 is 0 Å². The van der Waals surface area contributed by atoms with Gasteiger partial charge in [-0.25, -0.2) is 13.6 Å². The number of esters is 1. The fourth-order valence-electron chi connectivity index (χ4n) is 1.99. The quantitative estimate of drug-likeness (QED) is 0.881. The molecule has 22 heavy (non-hydrogen) atoms. The third-order valence-corrected chi connectivity index (χ3v) is 3.02. The van der Waals surface area contributed by atoms with Gasteiger partial charge in [-0.05, 0) is 19.1 Å². The molecule has 0 spiro atoms. The largest absolute Gasteiger partial charge is 0.464 e. The molecule has 1 aromatic heterocycles. The van der Waals surface area contributed by atoms with Gasteiger partial charge in [0.2, 0.25) is 0 Å². The third kappa shape index (κ3) is 2.80. The summed E-state index contributed by atoms with van der Waals surface area (Å²) in [6.07, 6.45) is 0. The van der Waals surface area contributed by atoms with Gasteiger partial charge in [0.15, 0.2) is 5.69 Å². The number of methoxy groups -OCH3 is 1. The molecule has 0 saturated carbocycles. The second-order valence-corrected chi connectivity index (χ2v) is 4.50. The number of nitrogens with zero attached hydrogens (tertiary/aromatic N) is 2. The molecule has 0 unspecified atom stereocenters. The Labute approximate surface area is 124 Å². The molecule has 0 bridgehead atoms. The van der Waals surface area contributed by atoms with Crippen LogP contribution in [0, 0.1) is 18.6 Å². The molecule has 0 fully saturated rings. The first-order valence-corrected chi connectivity index (χ1v) is 6.23. The number of anilines is 1. The molecular formula is C14H13F2N3O3. The van der Waals surface area contributed by atoms with Gasteiger partial charge in [0.25, 0.3) is 5.91 Å². The fourth-order valence-corrected chi connectivity index (χ4v) is 1.99. The molecule has 0 saturated heterocycles. The highest BCUT2D eigenvalue weighted by Gasteiger charge is 2.23. The van der Waals surface area contributed by atoms with Gasteiger partial charge in [-0.2, -0.15) is 5.10 Å². The van der Waals surface area contributed by atoms with Crippen molar-refractivity contribution in [2.45, 2.75) is 6.92 Å². The highest BCUT2D eigenvalue weighted by Crippen LogP contribution is 2.22. The van der Waals surface area contributed by atoms with Gasteiger partial charge in [0, 0.05) is 13.1 Å². The number of aryl methyl sites for hydroxylation is 2. The van der Waals surface area contributed by atoms with Gasteiger partial charge in [0.05, 0.1) is 24.1 Å². The zero-order valence-corrected chi connectivity index (χ0v) is 12.1. The highest BCUT2D eigenvalue weighted by atomic mass is 19.1. The standard InChI is InChI=1S/C14H13F2N3O3/c1-7-11(12(14(21)22-3)19(2)18-7)17-13(20)9-5-4-8(15)6-10(9)16/h4-6H,1-3H3,(H,17,20). The average Bonchev–Trinajstić information content (AvgIpc) is 2.72. The summed E-state index contributed by atoms with van der Waals surface area (Å²) in [6, 6.07) is 2.59. The molecule has 1 amide bonds. The lowest BCUT2D eigenvalue weighted by Crippen LogP contribution is -2.18. The molecule has 2 rings (SSSR count). The Morgan fingerprint density at radius 1 is 1.32 bits per heavy atom. The van der Waals surface area contributed by atoms with Crippen LogP contribution in [0.3, 0.4) is 0 Å². The van der Waals surface area contributed by atoms with Gasteiger partial charge in [-0.15, -0.1) is 0 Å². The summed E-state index contributed by atoms with van der Waals surface area (Å²) in [4.78, 5) is 23.8. The number of hydrogen-bond acceptors (Lipinski definition) is 4. The van der Waals surface area contributed by atoms with Crippen LogP contribution in [0.25, 0.3) is 0 Å². The zero-order chi connectivity index (χ0) is 16.4. The number of nitrogens with one attached hydrogen (secondary N) is 1. The van der Waals surface area contributed by atoms with E-state index in [9.17, 15) is 18.4 Å². The van der Waals surface area contributed by atoms with Gasteiger partial charge in [0.1, 0.15) is 11.6 Å². The molecule has 0 atom stereocenters. The van der Waals surface area contributed by atoms with Crippen LogP contribution in [-0.4, -0.2) is 28.8 Å². The number of aromatic nitrogens is 2. The minimum Gasteiger partial charge on any atom is -0.464 e. The van der Waals surface area contributed by atoms with E-state index in [1.165, 1.54) is 18.8 Å². The Morgan fingerprint density at radius 3 is 2.59 bits per heavy atom. The Balaban J connectivity index is 2.38. The predicted octanol–water partition coefficient (Wildman–Crippen LogP) is 2.05. The molecule has 0 aliphatic carbocycles. The maximum Gasteiger partial charge on any atom is 0.358 e. The molecular weight excluding hydrogens is 296 g/mol. The maximum absolute atomic E-state index is 13.6. The maximum atomic E-state index is 13.6. The number of hydrogen-bond donors (Lipinski definition) is 1.